The van der Waals surface area contributed by atoms with Gasteiger partial charge in [-0.1, -0.05) is 12.1 Å². The fourth-order valence-corrected chi connectivity index (χ4v) is 2.86. The lowest BCUT2D eigenvalue weighted by molar-refractivity contribution is -0.136. The summed E-state index contributed by atoms with van der Waals surface area (Å²) >= 11 is 0. The van der Waals surface area contributed by atoms with Crippen molar-refractivity contribution >= 4 is 23.2 Å². The third-order valence-corrected chi connectivity index (χ3v) is 4.40. The van der Waals surface area contributed by atoms with Crippen LogP contribution in [0.3, 0.4) is 0 Å². The van der Waals surface area contributed by atoms with Crippen LogP contribution in [-0.4, -0.2) is 44.7 Å². The fourth-order valence-electron chi connectivity index (χ4n) is 2.86. The SMILES string of the molecule is O=C(NCCc1ccc(N2CCOCC2)cc1)C(=O)Nc1ccc(F)c(F)c1. The number of carbonyl (C=O) groups is 2. The zero-order chi connectivity index (χ0) is 19.9. The van der Waals surface area contributed by atoms with Crippen LogP contribution in [0.25, 0.3) is 0 Å². The van der Waals surface area contributed by atoms with Crippen LogP contribution in [0.2, 0.25) is 0 Å². The Bertz CT molecular complexity index is 837. The van der Waals surface area contributed by atoms with Gasteiger partial charge < -0.3 is 20.3 Å². The van der Waals surface area contributed by atoms with Crippen LogP contribution in [0.4, 0.5) is 20.2 Å². The highest BCUT2D eigenvalue weighted by atomic mass is 19.2. The number of rotatable bonds is 5. The van der Waals surface area contributed by atoms with E-state index in [0.717, 1.165) is 49.7 Å². The highest BCUT2D eigenvalue weighted by Gasteiger charge is 2.14. The molecule has 1 heterocycles. The van der Waals surface area contributed by atoms with Gasteiger partial charge >= 0.3 is 11.8 Å². The molecule has 2 N–H and O–H groups in total. The van der Waals surface area contributed by atoms with Crippen molar-refractivity contribution in [2.75, 3.05) is 43.1 Å². The summed E-state index contributed by atoms with van der Waals surface area (Å²) in [6.07, 6.45) is 0.563. The first-order valence-corrected chi connectivity index (χ1v) is 8.99. The van der Waals surface area contributed by atoms with Gasteiger partial charge in [0.1, 0.15) is 0 Å². The summed E-state index contributed by atoms with van der Waals surface area (Å²) in [7, 11) is 0. The van der Waals surface area contributed by atoms with Gasteiger partial charge in [-0.05, 0) is 36.2 Å². The van der Waals surface area contributed by atoms with E-state index in [-0.39, 0.29) is 12.2 Å². The molecule has 148 valence electrons. The summed E-state index contributed by atoms with van der Waals surface area (Å²) in [5, 5.41) is 4.74. The Labute approximate surface area is 161 Å². The van der Waals surface area contributed by atoms with Crippen LogP contribution in [0.15, 0.2) is 42.5 Å². The van der Waals surface area contributed by atoms with Gasteiger partial charge in [0.2, 0.25) is 0 Å². The molecule has 1 saturated heterocycles. The molecule has 0 bridgehead atoms. The summed E-state index contributed by atoms with van der Waals surface area (Å²) in [4.78, 5) is 25.9. The normalized spacial score (nSPS) is 13.9. The molecular formula is C20H21F2N3O3. The number of carbonyl (C=O) groups excluding carboxylic acids is 2. The molecule has 2 aromatic carbocycles. The Morgan fingerprint density at radius 2 is 1.68 bits per heavy atom. The molecule has 0 spiro atoms. The number of nitrogens with one attached hydrogen (secondary N) is 2. The van der Waals surface area contributed by atoms with Crippen LogP contribution in [0, 0.1) is 11.6 Å². The van der Waals surface area contributed by atoms with Crippen molar-refractivity contribution in [1.29, 1.82) is 0 Å². The van der Waals surface area contributed by atoms with E-state index in [9.17, 15) is 18.4 Å². The van der Waals surface area contributed by atoms with Crippen molar-refractivity contribution in [1.82, 2.24) is 5.32 Å². The molecule has 1 fully saturated rings. The van der Waals surface area contributed by atoms with Gasteiger partial charge in [-0.2, -0.15) is 0 Å². The smallest absolute Gasteiger partial charge is 0.313 e. The first-order valence-electron chi connectivity index (χ1n) is 8.99. The standard InChI is InChI=1S/C20H21F2N3O3/c21-17-6-3-15(13-18(17)22)24-20(27)19(26)23-8-7-14-1-4-16(5-2-14)25-9-11-28-12-10-25/h1-6,13H,7-12H2,(H,23,26)(H,24,27). The third-order valence-electron chi connectivity index (χ3n) is 4.40. The monoisotopic (exact) mass is 389 g/mol. The second kappa shape index (κ2) is 9.27. The molecule has 0 saturated carbocycles. The van der Waals surface area contributed by atoms with Crippen LogP contribution < -0.4 is 15.5 Å². The number of anilines is 2. The average Bonchev–Trinajstić information content (AvgIpc) is 2.72. The molecule has 2 aromatic rings. The largest absolute Gasteiger partial charge is 0.378 e. The highest BCUT2D eigenvalue weighted by molar-refractivity contribution is 6.39. The van der Waals surface area contributed by atoms with Crippen molar-refractivity contribution in [3.05, 3.63) is 59.7 Å². The number of ether oxygens (including phenoxy) is 1. The van der Waals surface area contributed by atoms with Gasteiger partial charge in [0.25, 0.3) is 0 Å². The molecule has 28 heavy (non-hydrogen) atoms. The first-order chi connectivity index (χ1) is 13.5. The molecule has 0 aliphatic carbocycles. The quantitative estimate of drug-likeness (QED) is 0.769. The minimum atomic E-state index is -1.10. The van der Waals surface area contributed by atoms with Crippen molar-refractivity contribution in [3.8, 4) is 0 Å². The number of benzene rings is 2. The predicted molar refractivity (Wildman–Crippen MR) is 101 cm³/mol. The summed E-state index contributed by atoms with van der Waals surface area (Å²) in [5.74, 6) is -3.90. The van der Waals surface area contributed by atoms with E-state index >= 15 is 0 Å². The lowest BCUT2D eigenvalue weighted by Gasteiger charge is -2.28. The first kappa shape index (κ1) is 19.8. The van der Waals surface area contributed by atoms with E-state index in [0.29, 0.717) is 6.42 Å². The number of halogens is 2. The molecule has 0 unspecified atom stereocenters. The molecular weight excluding hydrogens is 368 g/mol. The average molecular weight is 389 g/mol. The lowest BCUT2D eigenvalue weighted by Crippen LogP contribution is -2.36. The van der Waals surface area contributed by atoms with Crippen molar-refractivity contribution in [2.45, 2.75) is 6.42 Å². The fraction of sp³-hybridized carbons (Fsp3) is 0.300. The van der Waals surface area contributed by atoms with Gasteiger partial charge in [0.05, 0.1) is 13.2 Å². The highest BCUT2D eigenvalue weighted by Crippen LogP contribution is 2.17. The lowest BCUT2D eigenvalue weighted by atomic mass is 10.1. The van der Waals surface area contributed by atoms with Gasteiger partial charge in [-0.15, -0.1) is 0 Å². The molecule has 1 aliphatic heterocycles. The number of nitrogens with zero attached hydrogens (tertiary/aromatic N) is 1. The minimum absolute atomic E-state index is 0.0118. The van der Waals surface area contributed by atoms with Gasteiger partial charge in [-0.3, -0.25) is 9.59 Å². The van der Waals surface area contributed by atoms with E-state index in [1.165, 1.54) is 6.07 Å². The summed E-state index contributed by atoms with van der Waals surface area (Å²) < 4.78 is 31.3. The van der Waals surface area contributed by atoms with Crippen LogP contribution in [-0.2, 0) is 20.7 Å². The van der Waals surface area contributed by atoms with Crippen LogP contribution in [0.1, 0.15) is 5.56 Å². The van der Waals surface area contributed by atoms with E-state index in [1.54, 1.807) is 0 Å². The Morgan fingerprint density at radius 1 is 0.964 bits per heavy atom. The van der Waals surface area contributed by atoms with Gasteiger partial charge in [-0.25, -0.2) is 8.78 Å². The maximum absolute atomic E-state index is 13.1. The number of morpholine rings is 1. The summed E-state index contributed by atoms with van der Waals surface area (Å²) in [5.41, 5.74) is 2.16. The van der Waals surface area contributed by atoms with E-state index in [4.69, 9.17) is 4.74 Å². The molecule has 0 radical (unpaired) electrons. The number of amides is 2. The summed E-state index contributed by atoms with van der Waals surface area (Å²) in [6.45, 7) is 3.45. The number of hydrogen-bond acceptors (Lipinski definition) is 4. The summed E-state index contributed by atoms with van der Waals surface area (Å²) in [6, 6.07) is 10.9. The molecule has 6 nitrogen and oxygen atoms in total. The molecule has 8 heteroatoms. The van der Waals surface area contributed by atoms with Crippen LogP contribution >= 0.6 is 0 Å². The van der Waals surface area contributed by atoms with E-state index in [1.807, 2.05) is 24.3 Å². The van der Waals surface area contributed by atoms with Gasteiger partial charge in [0, 0.05) is 37.1 Å². The van der Waals surface area contributed by atoms with Crippen molar-refractivity contribution in [3.63, 3.8) is 0 Å². The van der Waals surface area contributed by atoms with Gasteiger partial charge in [0.15, 0.2) is 11.6 Å². The minimum Gasteiger partial charge on any atom is -0.378 e. The molecule has 0 aromatic heterocycles. The Morgan fingerprint density at radius 3 is 2.36 bits per heavy atom. The second-order valence-electron chi connectivity index (χ2n) is 6.35. The zero-order valence-corrected chi connectivity index (χ0v) is 15.2. The Kier molecular flexibility index (Phi) is 6.54. The number of hydrogen-bond donors (Lipinski definition) is 2. The Balaban J connectivity index is 1.44. The van der Waals surface area contributed by atoms with Crippen molar-refractivity contribution < 1.29 is 23.1 Å². The zero-order valence-electron chi connectivity index (χ0n) is 15.2. The van der Waals surface area contributed by atoms with Crippen molar-refractivity contribution in [2.24, 2.45) is 0 Å². The Hall–Kier alpha value is -3.00. The topological polar surface area (TPSA) is 70.7 Å². The maximum atomic E-state index is 13.1. The maximum Gasteiger partial charge on any atom is 0.313 e. The van der Waals surface area contributed by atoms with Crippen LogP contribution in [0.5, 0.6) is 0 Å². The molecule has 3 rings (SSSR count). The predicted octanol–water partition coefficient (Wildman–Crippen LogP) is 2.10. The molecule has 1 aliphatic rings. The molecule has 2 amide bonds. The van der Waals surface area contributed by atoms with E-state index in [2.05, 4.69) is 15.5 Å². The second-order valence-corrected chi connectivity index (χ2v) is 6.35. The molecule has 0 atom stereocenters. The van der Waals surface area contributed by atoms with E-state index < -0.39 is 23.4 Å². The third kappa shape index (κ3) is 5.26.